The highest BCUT2D eigenvalue weighted by atomic mass is 28.4. The number of hydrogen-bond acceptors (Lipinski definition) is 7. The summed E-state index contributed by atoms with van der Waals surface area (Å²) in [5, 5.41) is 2.70. The molecule has 1 aromatic heterocycles. The maximum atomic E-state index is 13.9. The number of pyridine rings is 1. The third kappa shape index (κ3) is 5.36. The Bertz CT molecular complexity index is 1110. The molecule has 8 nitrogen and oxygen atoms in total. The van der Waals surface area contributed by atoms with E-state index in [2.05, 4.69) is 0 Å². The van der Waals surface area contributed by atoms with Crippen LogP contribution in [0.25, 0.3) is 21.8 Å². The van der Waals surface area contributed by atoms with E-state index in [4.69, 9.17) is 26.6 Å². The molecule has 36 heavy (non-hydrogen) atoms. The molecule has 0 spiro atoms. The van der Waals surface area contributed by atoms with Gasteiger partial charge < -0.3 is 31.1 Å². The molecule has 0 saturated carbocycles. The molecule has 10 heteroatoms. The number of benzene rings is 2. The normalized spacial score (nSPS) is 12.6. The fourth-order valence-electron chi connectivity index (χ4n) is 4.57. The average molecular weight is 534 g/mol. The SMILES string of the molecule is CCO[Si](OCC)(OCC)c1ccc2c(c1)c(=O)c1cc([Si](OCC)(OCC)OCC)ccc1n2C. The molecule has 0 aliphatic carbocycles. The van der Waals surface area contributed by atoms with Gasteiger partial charge in [0.2, 0.25) is 0 Å². The number of aromatic nitrogens is 1. The monoisotopic (exact) mass is 533 g/mol. The van der Waals surface area contributed by atoms with Crippen LogP contribution in [0.5, 0.6) is 0 Å². The van der Waals surface area contributed by atoms with Gasteiger partial charge in [-0.05, 0) is 65.8 Å². The van der Waals surface area contributed by atoms with Gasteiger partial charge in [-0.25, -0.2) is 0 Å². The fraction of sp³-hybridized carbons (Fsp3) is 0.500. The summed E-state index contributed by atoms with van der Waals surface area (Å²) in [5.74, 6) is 0. The van der Waals surface area contributed by atoms with E-state index in [1.807, 2.05) is 89.6 Å². The van der Waals surface area contributed by atoms with Gasteiger partial charge in [-0.2, -0.15) is 0 Å². The molecule has 3 aromatic rings. The van der Waals surface area contributed by atoms with Gasteiger partial charge in [0.25, 0.3) is 0 Å². The largest absolute Gasteiger partial charge is 0.537 e. The first-order valence-electron chi connectivity index (χ1n) is 12.8. The van der Waals surface area contributed by atoms with Crippen LogP contribution in [0.2, 0.25) is 0 Å². The van der Waals surface area contributed by atoms with Crippen molar-refractivity contribution in [2.24, 2.45) is 7.05 Å². The summed E-state index contributed by atoms with van der Waals surface area (Å²) in [4.78, 5) is 13.9. The predicted octanol–water partition coefficient (Wildman–Crippen LogP) is 3.20. The molecule has 0 atom stereocenters. The van der Waals surface area contributed by atoms with E-state index in [-0.39, 0.29) is 5.43 Å². The highest BCUT2D eigenvalue weighted by Crippen LogP contribution is 2.21. The van der Waals surface area contributed by atoms with Crippen LogP contribution in [0.1, 0.15) is 41.5 Å². The highest BCUT2D eigenvalue weighted by molar-refractivity contribution is 6.76. The third-order valence-corrected chi connectivity index (χ3v) is 12.0. The van der Waals surface area contributed by atoms with Gasteiger partial charge in [0, 0.05) is 67.8 Å². The molecule has 0 fully saturated rings. The zero-order valence-corrected chi connectivity index (χ0v) is 24.5. The van der Waals surface area contributed by atoms with Crippen molar-refractivity contribution in [2.45, 2.75) is 41.5 Å². The summed E-state index contributed by atoms with van der Waals surface area (Å²) in [6, 6.07) is 11.5. The van der Waals surface area contributed by atoms with Crippen LogP contribution >= 0.6 is 0 Å². The third-order valence-electron chi connectivity index (χ3n) is 5.92. The molecule has 0 aliphatic rings. The van der Waals surface area contributed by atoms with Crippen LogP contribution in [0.4, 0.5) is 0 Å². The second-order valence-electron chi connectivity index (χ2n) is 8.06. The summed E-state index contributed by atoms with van der Waals surface area (Å²) in [7, 11) is -4.38. The lowest BCUT2D eigenvalue weighted by Crippen LogP contribution is -2.57. The Labute approximate surface area is 215 Å². The Kier molecular flexibility index (Phi) is 10.0. The maximum absolute atomic E-state index is 13.9. The summed E-state index contributed by atoms with van der Waals surface area (Å²) in [6.45, 7) is 14.2. The van der Waals surface area contributed by atoms with Crippen LogP contribution in [0, 0.1) is 0 Å². The molecule has 1 heterocycles. The standard InChI is InChI=1S/C26H39NO7Si2/c1-8-29-35(30-9-2,31-10-3)20-14-16-24-22(18-20)26(28)23-19-21(15-17-25(23)27(24)7)36(32-11-4,33-12-5)34-13-6/h14-19H,8-13H2,1-7H3. The Morgan fingerprint density at radius 2 is 0.889 bits per heavy atom. The highest BCUT2D eigenvalue weighted by Gasteiger charge is 2.44. The van der Waals surface area contributed by atoms with E-state index in [1.165, 1.54) is 0 Å². The summed E-state index contributed by atoms with van der Waals surface area (Å²) < 4.78 is 38.6. The second-order valence-corrected chi connectivity index (χ2v) is 13.2. The minimum absolute atomic E-state index is 0.0819. The molecule has 0 aliphatic heterocycles. The fourth-order valence-corrected chi connectivity index (χ4v) is 9.56. The molecule has 0 bridgehead atoms. The van der Waals surface area contributed by atoms with Crippen molar-refractivity contribution in [3.05, 3.63) is 46.6 Å². The smallest absolute Gasteiger partial charge is 0.370 e. The molecule has 198 valence electrons. The molecule has 0 saturated heterocycles. The molecular weight excluding hydrogens is 494 g/mol. The predicted molar refractivity (Wildman–Crippen MR) is 147 cm³/mol. The Balaban J connectivity index is 2.30. The van der Waals surface area contributed by atoms with Gasteiger partial charge >= 0.3 is 17.6 Å². The van der Waals surface area contributed by atoms with Crippen molar-refractivity contribution >= 4 is 49.8 Å². The minimum Gasteiger partial charge on any atom is -0.370 e. The summed E-state index contributed by atoms with van der Waals surface area (Å²) in [6.07, 6.45) is 0. The lowest BCUT2D eigenvalue weighted by atomic mass is 10.1. The van der Waals surface area contributed by atoms with E-state index in [9.17, 15) is 4.79 Å². The van der Waals surface area contributed by atoms with E-state index >= 15 is 0 Å². The molecule has 0 radical (unpaired) electrons. The van der Waals surface area contributed by atoms with Crippen LogP contribution < -0.4 is 15.8 Å². The zero-order chi connectivity index (χ0) is 26.3. The molecular formula is C26H39NO7Si2. The zero-order valence-electron chi connectivity index (χ0n) is 22.5. The van der Waals surface area contributed by atoms with Gasteiger partial charge in [-0.15, -0.1) is 0 Å². The molecule has 2 aromatic carbocycles. The van der Waals surface area contributed by atoms with Gasteiger partial charge in [0.05, 0.1) is 11.0 Å². The lowest BCUT2D eigenvalue weighted by Gasteiger charge is -2.29. The van der Waals surface area contributed by atoms with E-state index in [0.29, 0.717) is 50.4 Å². The first kappa shape index (κ1) is 28.7. The van der Waals surface area contributed by atoms with Gasteiger partial charge in [0.1, 0.15) is 0 Å². The molecule has 0 N–H and O–H groups in total. The minimum atomic E-state index is -3.17. The van der Waals surface area contributed by atoms with Crippen molar-refractivity contribution < 1.29 is 26.6 Å². The van der Waals surface area contributed by atoms with E-state index in [0.717, 1.165) is 21.4 Å². The van der Waals surface area contributed by atoms with Crippen molar-refractivity contribution in [2.75, 3.05) is 39.6 Å². The van der Waals surface area contributed by atoms with Crippen molar-refractivity contribution in [3.8, 4) is 0 Å². The summed E-state index contributed by atoms with van der Waals surface area (Å²) in [5.41, 5.74) is 1.56. The topological polar surface area (TPSA) is 77.4 Å². The quantitative estimate of drug-likeness (QED) is 0.233. The molecule has 0 unspecified atom stereocenters. The van der Waals surface area contributed by atoms with Gasteiger partial charge in [0.15, 0.2) is 5.43 Å². The molecule has 0 amide bonds. The van der Waals surface area contributed by atoms with Crippen LogP contribution in [0.15, 0.2) is 41.2 Å². The second kappa shape index (κ2) is 12.6. The first-order chi connectivity index (χ1) is 17.4. The maximum Gasteiger partial charge on any atom is 0.537 e. The lowest BCUT2D eigenvalue weighted by molar-refractivity contribution is 0.0852. The average Bonchev–Trinajstić information content (AvgIpc) is 2.87. The summed E-state index contributed by atoms with van der Waals surface area (Å²) >= 11 is 0. The number of nitrogens with zero attached hydrogens (tertiary/aromatic N) is 1. The van der Waals surface area contributed by atoms with Crippen molar-refractivity contribution in [1.29, 1.82) is 0 Å². The van der Waals surface area contributed by atoms with Gasteiger partial charge in [-0.3, -0.25) is 4.79 Å². The number of fused-ring (bicyclic) bond motifs is 2. The van der Waals surface area contributed by atoms with Crippen molar-refractivity contribution in [3.63, 3.8) is 0 Å². The number of aryl methyl sites for hydroxylation is 1. The van der Waals surface area contributed by atoms with Gasteiger partial charge in [-0.1, -0.05) is 12.1 Å². The van der Waals surface area contributed by atoms with Crippen LogP contribution in [0.3, 0.4) is 0 Å². The number of hydrogen-bond donors (Lipinski definition) is 0. The Hall–Kier alpha value is -1.90. The first-order valence-corrected chi connectivity index (χ1v) is 16.2. The Morgan fingerprint density at radius 3 is 1.17 bits per heavy atom. The van der Waals surface area contributed by atoms with Crippen LogP contribution in [-0.2, 0) is 33.6 Å². The number of rotatable bonds is 14. The van der Waals surface area contributed by atoms with E-state index < -0.39 is 17.6 Å². The van der Waals surface area contributed by atoms with E-state index in [1.54, 1.807) is 0 Å². The van der Waals surface area contributed by atoms with Crippen molar-refractivity contribution in [1.82, 2.24) is 4.57 Å². The van der Waals surface area contributed by atoms with Crippen LogP contribution in [-0.4, -0.2) is 61.8 Å². The Morgan fingerprint density at radius 1 is 0.583 bits per heavy atom. The molecule has 3 rings (SSSR count).